The average Bonchev–Trinajstić information content (AvgIpc) is 3.39. The number of Topliss-reactive ketones (excluding diaryl/α,β-unsaturated/α-hetero) is 1. The molecule has 0 unspecified atom stereocenters. The van der Waals surface area contributed by atoms with Crippen molar-refractivity contribution in [3.05, 3.63) is 99.8 Å². The SMILES string of the molecule is O=C(c1ccc(F)cc1)C1CCN(CCn2c(=O)oc3cc(CCCCN4CCN(c5cccc(C(F)(F)F)c5)CC4)ccc32)CC1. The van der Waals surface area contributed by atoms with Crippen LogP contribution in [-0.4, -0.2) is 72.5 Å². The number of carbonyl (C=O) groups excluding carboxylic acids is 1. The van der Waals surface area contributed by atoms with E-state index in [9.17, 15) is 27.2 Å². The van der Waals surface area contributed by atoms with E-state index in [4.69, 9.17) is 4.42 Å². The number of anilines is 1. The Kier molecular flexibility index (Phi) is 10.1. The molecule has 2 aliphatic rings. The van der Waals surface area contributed by atoms with Gasteiger partial charge in [0.2, 0.25) is 0 Å². The van der Waals surface area contributed by atoms with Crippen LogP contribution in [0.1, 0.15) is 47.2 Å². The first-order chi connectivity index (χ1) is 22.6. The van der Waals surface area contributed by atoms with Gasteiger partial charge in [-0.25, -0.2) is 9.18 Å². The zero-order valence-corrected chi connectivity index (χ0v) is 26.4. The molecule has 0 bridgehead atoms. The Bertz CT molecular complexity index is 1720. The molecule has 0 N–H and O–H groups in total. The maximum Gasteiger partial charge on any atom is 0.419 e. The maximum atomic E-state index is 13.2. The summed E-state index contributed by atoms with van der Waals surface area (Å²) in [5.74, 6) is -0.734. The number of likely N-dealkylation sites (tertiary alicyclic amines) is 1. The number of piperazine rings is 1. The van der Waals surface area contributed by atoms with E-state index in [0.717, 1.165) is 82.0 Å². The number of nitrogens with zero attached hydrogens (tertiary/aromatic N) is 4. The van der Waals surface area contributed by atoms with Crippen LogP contribution in [0.3, 0.4) is 0 Å². The summed E-state index contributed by atoms with van der Waals surface area (Å²) in [5, 5.41) is 0. The van der Waals surface area contributed by atoms with Gasteiger partial charge in [-0.05, 0) is 112 Å². The Labute approximate surface area is 271 Å². The van der Waals surface area contributed by atoms with Gasteiger partial charge in [0, 0.05) is 56.4 Å². The molecule has 47 heavy (non-hydrogen) atoms. The number of fused-ring (bicyclic) bond motifs is 1. The lowest BCUT2D eigenvalue weighted by Crippen LogP contribution is -2.46. The standard InChI is InChI=1S/C36H40F4N4O3/c37-30-10-8-27(9-11-30)34(45)28-13-16-42(17-14-28)20-23-44-32-12-7-26(24-33(32)47-35(44)46)4-1-2-15-41-18-21-43(22-19-41)31-6-3-5-29(25-31)36(38,39)40/h3,5-12,24-25,28H,1-2,4,13-23H2. The molecule has 2 saturated heterocycles. The van der Waals surface area contributed by atoms with E-state index >= 15 is 0 Å². The molecule has 250 valence electrons. The van der Waals surface area contributed by atoms with Gasteiger partial charge in [0.05, 0.1) is 11.1 Å². The number of aryl methyl sites for hydroxylation is 1. The third-order valence-corrected chi connectivity index (χ3v) is 9.56. The first kappa shape index (κ1) is 33.0. The third-order valence-electron chi connectivity index (χ3n) is 9.56. The van der Waals surface area contributed by atoms with Crippen LogP contribution in [0.25, 0.3) is 11.1 Å². The van der Waals surface area contributed by atoms with Crippen LogP contribution in [0, 0.1) is 11.7 Å². The van der Waals surface area contributed by atoms with Gasteiger partial charge in [0.25, 0.3) is 0 Å². The molecule has 0 spiro atoms. The number of aromatic nitrogens is 1. The summed E-state index contributed by atoms with van der Waals surface area (Å²) in [4.78, 5) is 32.1. The molecule has 0 atom stereocenters. The van der Waals surface area contributed by atoms with E-state index in [2.05, 4.69) is 9.80 Å². The normalized spacial score (nSPS) is 17.1. The number of halogens is 4. The van der Waals surface area contributed by atoms with Gasteiger partial charge in [-0.3, -0.25) is 14.3 Å². The lowest BCUT2D eigenvalue weighted by molar-refractivity contribution is -0.137. The molecule has 7 nitrogen and oxygen atoms in total. The molecule has 0 aliphatic carbocycles. The second kappa shape index (κ2) is 14.4. The van der Waals surface area contributed by atoms with Gasteiger partial charge in [0.1, 0.15) is 5.82 Å². The van der Waals surface area contributed by atoms with Crippen molar-refractivity contribution in [3.8, 4) is 0 Å². The number of unbranched alkanes of at least 4 members (excludes halogenated alkanes) is 1. The highest BCUT2D eigenvalue weighted by molar-refractivity contribution is 5.97. The Balaban J connectivity index is 0.925. The van der Waals surface area contributed by atoms with E-state index in [1.807, 2.05) is 23.1 Å². The van der Waals surface area contributed by atoms with Crippen LogP contribution < -0.4 is 10.7 Å². The summed E-state index contributed by atoms with van der Waals surface area (Å²) in [6.45, 7) is 6.66. The third kappa shape index (κ3) is 8.13. The van der Waals surface area contributed by atoms with Gasteiger partial charge in [-0.2, -0.15) is 13.2 Å². The monoisotopic (exact) mass is 652 g/mol. The molecular weight excluding hydrogens is 612 g/mol. The lowest BCUT2D eigenvalue weighted by atomic mass is 9.89. The maximum absolute atomic E-state index is 13.2. The van der Waals surface area contributed by atoms with Gasteiger partial charge < -0.3 is 14.2 Å². The van der Waals surface area contributed by atoms with Crippen molar-refractivity contribution in [3.63, 3.8) is 0 Å². The molecule has 0 saturated carbocycles. The Morgan fingerprint density at radius 3 is 2.26 bits per heavy atom. The quantitative estimate of drug-likeness (QED) is 0.105. The molecule has 2 aliphatic heterocycles. The van der Waals surface area contributed by atoms with E-state index in [0.29, 0.717) is 43.0 Å². The minimum Gasteiger partial charge on any atom is -0.408 e. The van der Waals surface area contributed by atoms with Crippen molar-refractivity contribution in [1.29, 1.82) is 0 Å². The van der Waals surface area contributed by atoms with Crippen molar-refractivity contribution >= 4 is 22.6 Å². The topological polar surface area (TPSA) is 61.9 Å². The van der Waals surface area contributed by atoms with Crippen LogP contribution in [0.2, 0.25) is 0 Å². The molecule has 2 fully saturated rings. The second-order valence-corrected chi connectivity index (χ2v) is 12.6. The van der Waals surface area contributed by atoms with E-state index in [1.54, 1.807) is 22.8 Å². The minimum absolute atomic E-state index is 0.0628. The first-order valence-corrected chi connectivity index (χ1v) is 16.4. The van der Waals surface area contributed by atoms with Crippen LogP contribution >= 0.6 is 0 Å². The van der Waals surface area contributed by atoms with Gasteiger partial charge in [-0.1, -0.05) is 12.1 Å². The average molecular weight is 653 g/mol. The molecular formula is C36H40F4N4O3. The Morgan fingerprint density at radius 2 is 1.53 bits per heavy atom. The smallest absolute Gasteiger partial charge is 0.408 e. The highest BCUT2D eigenvalue weighted by atomic mass is 19.4. The number of ketones is 1. The Hall–Kier alpha value is -3.96. The molecule has 6 rings (SSSR count). The fourth-order valence-corrected chi connectivity index (χ4v) is 6.76. The predicted molar refractivity (Wildman–Crippen MR) is 173 cm³/mol. The number of rotatable bonds is 11. The van der Waals surface area contributed by atoms with Crippen molar-refractivity contribution < 1.29 is 26.8 Å². The summed E-state index contributed by atoms with van der Waals surface area (Å²) < 4.78 is 59.8. The highest BCUT2D eigenvalue weighted by Crippen LogP contribution is 2.32. The lowest BCUT2D eigenvalue weighted by Gasteiger charge is -2.36. The zero-order chi connectivity index (χ0) is 33.0. The number of piperidine rings is 1. The highest BCUT2D eigenvalue weighted by Gasteiger charge is 2.31. The number of oxazole rings is 1. The first-order valence-electron chi connectivity index (χ1n) is 16.4. The van der Waals surface area contributed by atoms with E-state index in [1.165, 1.54) is 24.3 Å². The summed E-state index contributed by atoms with van der Waals surface area (Å²) in [5.41, 5.74) is 3.03. The van der Waals surface area contributed by atoms with Crippen LogP contribution in [0.4, 0.5) is 23.2 Å². The van der Waals surface area contributed by atoms with Crippen molar-refractivity contribution in [2.45, 2.75) is 44.8 Å². The van der Waals surface area contributed by atoms with Crippen molar-refractivity contribution in [2.24, 2.45) is 5.92 Å². The summed E-state index contributed by atoms with van der Waals surface area (Å²) >= 11 is 0. The van der Waals surface area contributed by atoms with Gasteiger partial charge in [0.15, 0.2) is 11.4 Å². The molecule has 3 aromatic carbocycles. The van der Waals surface area contributed by atoms with E-state index < -0.39 is 11.7 Å². The molecule has 11 heteroatoms. The molecule has 3 heterocycles. The molecule has 0 amide bonds. The number of hydrogen-bond acceptors (Lipinski definition) is 6. The zero-order valence-electron chi connectivity index (χ0n) is 26.4. The molecule has 1 aromatic heterocycles. The second-order valence-electron chi connectivity index (χ2n) is 12.6. The number of alkyl halides is 3. The van der Waals surface area contributed by atoms with Crippen LogP contribution in [-0.2, 0) is 19.1 Å². The van der Waals surface area contributed by atoms with Crippen molar-refractivity contribution in [2.75, 3.05) is 57.3 Å². The summed E-state index contributed by atoms with van der Waals surface area (Å²) in [7, 11) is 0. The summed E-state index contributed by atoms with van der Waals surface area (Å²) in [6.07, 6.45) is -0.0359. The van der Waals surface area contributed by atoms with Gasteiger partial charge in [-0.15, -0.1) is 0 Å². The summed E-state index contributed by atoms with van der Waals surface area (Å²) in [6, 6.07) is 17.2. The Morgan fingerprint density at radius 1 is 0.809 bits per heavy atom. The fraction of sp³-hybridized carbons (Fsp3) is 0.444. The molecule has 4 aromatic rings. The molecule has 0 radical (unpaired) electrons. The largest absolute Gasteiger partial charge is 0.419 e. The van der Waals surface area contributed by atoms with Gasteiger partial charge >= 0.3 is 11.9 Å². The number of carbonyl (C=O) groups is 1. The number of benzene rings is 3. The fourth-order valence-electron chi connectivity index (χ4n) is 6.76. The van der Waals surface area contributed by atoms with Crippen LogP contribution in [0.15, 0.2) is 75.9 Å². The van der Waals surface area contributed by atoms with Crippen molar-refractivity contribution in [1.82, 2.24) is 14.4 Å². The van der Waals surface area contributed by atoms with Crippen LogP contribution in [0.5, 0.6) is 0 Å². The minimum atomic E-state index is -4.34. The number of hydrogen-bond donors (Lipinski definition) is 0. The predicted octanol–water partition coefficient (Wildman–Crippen LogP) is 6.49. The van der Waals surface area contributed by atoms with E-state index in [-0.39, 0.29) is 23.3 Å².